The molecular weight excluding hydrogens is 334 g/mol. The van der Waals surface area contributed by atoms with Crippen molar-refractivity contribution in [3.05, 3.63) is 52.9 Å². The summed E-state index contributed by atoms with van der Waals surface area (Å²) >= 11 is 6.15. The molecule has 25 heavy (non-hydrogen) atoms. The second-order valence-corrected chi connectivity index (χ2v) is 6.77. The van der Waals surface area contributed by atoms with E-state index in [1.165, 1.54) is 5.69 Å². The summed E-state index contributed by atoms with van der Waals surface area (Å²) in [5, 5.41) is 4.16. The van der Waals surface area contributed by atoms with Gasteiger partial charge >= 0.3 is 0 Å². The van der Waals surface area contributed by atoms with Crippen molar-refractivity contribution >= 4 is 28.5 Å². The predicted octanol–water partition coefficient (Wildman–Crippen LogP) is 3.11. The molecule has 6 heteroatoms. The Labute approximate surface area is 152 Å². The molecule has 0 bridgehead atoms. The molecule has 2 aromatic heterocycles. The molecule has 0 spiro atoms. The molecule has 0 saturated carbocycles. The van der Waals surface area contributed by atoms with Gasteiger partial charge in [0.25, 0.3) is 0 Å². The van der Waals surface area contributed by atoms with E-state index in [0.29, 0.717) is 0 Å². The van der Waals surface area contributed by atoms with Gasteiger partial charge in [0.15, 0.2) is 5.65 Å². The first kappa shape index (κ1) is 16.4. The maximum atomic E-state index is 6.15. The number of hydrogen-bond acceptors (Lipinski definition) is 4. The fraction of sp³-hybridized carbons (Fsp3) is 0.368. The van der Waals surface area contributed by atoms with Gasteiger partial charge in [-0.3, -0.25) is 0 Å². The molecule has 3 aromatic rings. The van der Waals surface area contributed by atoms with Crippen LogP contribution in [0.4, 0.5) is 5.69 Å². The summed E-state index contributed by atoms with van der Waals surface area (Å²) in [4.78, 5) is 12.0. The molecule has 3 heterocycles. The summed E-state index contributed by atoms with van der Waals surface area (Å²) in [6.07, 6.45) is 2.77. The van der Waals surface area contributed by atoms with E-state index in [9.17, 15) is 0 Å². The molecule has 0 radical (unpaired) electrons. The Hall–Kier alpha value is -2.11. The SMILES string of the molecule is CCc1nc2c(N3CCNCC3)ccnc2n1Cc1cccc(Cl)c1. The van der Waals surface area contributed by atoms with Crippen molar-refractivity contribution in [2.24, 2.45) is 0 Å². The van der Waals surface area contributed by atoms with E-state index in [4.69, 9.17) is 16.6 Å². The van der Waals surface area contributed by atoms with Crippen LogP contribution in [0.2, 0.25) is 5.02 Å². The topological polar surface area (TPSA) is 46.0 Å². The predicted molar refractivity (Wildman–Crippen MR) is 103 cm³/mol. The van der Waals surface area contributed by atoms with Crippen LogP contribution in [0.25, 0.3) is 11.2 Å². The standard InChI is InChI=1S/C19H22ClN5/c1-2-17-23-18-16(24-10-8-21-9-11-24)6-7-22-19(18)25(17)13-14-4-3-5-15(20)12-14/h3-7,12,21H,2,8-11,13H2,1H3. The van der Waals surface area contributed by atoms with Crippen molar-refractivity contribution in [1.29, 1.82) is 0 Å². The lowest BCUT2D eigenvalue weighted by atomic mass is 10.2. The molecule has 0 amide bonds. The Morgan fingerprint density at radius 1 is 1.20 bits per heavy atom. The van der Waals surface area contributed by atoms with Gasteiger partial charge in [0, 0.05) is 43.8 Å². The number of imidazole rings is 1. The first-order chi connectivity index (χ1) is 12.3. The molecule has 1 saturated heterocycles. The van der Waals surface area contributed by atoms with Crippen molar-refractivity contribution < 1.29 is 0 Å². The smallest absolute Gasteiger partial charge is 0.162 e. The molecule has 5 nitrogen and oxygen atoms in total. The van der Waals surface area contributed by atoms with Gasteiger partial charge in [0.2, 0.25) is 0 Å². The van der Waals surface area contributed by atoms with Gasteiger partial charge in [-0.1, -0.05) is 30.7 Å². The third-order valence-electron chi connectivity index (χ3n) is 4.70. The van der Waals surface area contributed by atoms with Crippen molar-refractivity contribution in [2.75, 3.05) is 31.1 Å². The minimum Gasteiger partial charge on any atom is -0.367 e. The monoisotopic (exact) mass is 355 g/mol. The van der Waals surface area contributed by atoms with Crippen molar-refractivity contribution in [2.45, 2.75) is 19.9 Å². The number of pyridine rings is 1. The zero-order valence-electron chi connectivity index (χ0n) is 14.4. The fourth-order valence-electron chi connectivity index (χ4n) is 3.46. The Morgan fingerprint density at radius 3 is 2.80 bits per heavy atom. The molecule has 1 aromatic carbocycles. The molecule has 1 aliphatic rings. The number of fused-ring (bicyclic) bond motifs is 1. The first-order valence-corrected chi connectivity index (χ1v) is 9.18. The highest BCUT2D eigenvalue weighted by atomic mass is 35.5. The molecule has 0 unspecified atom stereocenters. The number of halogens is 1. The summed E-state index contributed by atoms with van der Waals surface area (Å²) in [6.45, 7) is 6.89. The fourth-order valence-corrected chi connectivity index (χ4v) is 3.68. The lowest BCUT2D eigenvalue weighted by Gasteiger charge is -2.29. The second kappa shape index (κ2) is 7.02. The number of nitrogens with zero attached hydrogens (tertiary/aromatic N) is 4. The van der Waals surface area contributed by atoms with Gasteiger partial charge in [0.1, 0.15) is 11.3 Å². The van der Waals surface area contributed by atoms with Gasteiger partial charge < -0.3 is 14.8 Å². The van der Waals surface area contributed by atoms with Gasteiger partial charge in [-0.15, -0.1) is 0 Å². The third-order valence-corrected chi connectivity index (χ3v) is 4.93. The van der Waals surface area contributed by atoms with Crippen LogP contribution in [0.3, 0.4) is 0 Å². The third kappa shape index (κ3) is 3.22. The lowest BCUT2D eigenvalue weighted by molar-refractivity contribution is 0.590. The second-order valence-electron chi connectivity index (χ2n) is 6.34. The minimum atomic E-state index is 0.734. The zero-order valence-corrected chi connectivity index (χ0v) is 15.1. The van der Waals surface area contributed by atoms with Gasteiger partial charge in [0.05, 0.1) is 12.2 Å². The Balaban J connectivity index is 1.78. The van der Waals surface area contributed by atoms with Crippen LogP contribution in [-0.2, 0) is 13.0 Å². The van der Waals surface area contributed by atoms with E-state index in [1.54, 1.807) is 0 Å². The Bertz CT molecular complexity index is 883. The summed E-state index contributed by atoms with van der Waals surface area (Å²) < 4.78 is 2.21. The van der Waals surface area contributed by atoms with Gasteiger partial charge in [-0.2, -0.15) is 0 Å². The first-order valence-electron chi connectivity index (χ1n) is 8.80. The molecule has 130 valence electrons. The quantitative estimate of drug-likeness (QED) is 0.781. The van der Waals surface area contributed by atoms with Crippen molar-refractivity contribution in [1.82, 2.24) is 19.9 Å². The molecular formula is C19H22ClN5. The highest BCUT2D eigenvalue weighted by Crippen LogP contribution is 2.27. The lowest BCUT2D eigenvalue weighted by Crippen LogP contribution is -2.43. The average molecular weight is 356 g/mol. The number of benzene rings is 1. The van der Waals surface area contributed by atoms with Crippen LogP contribution in [0.1, 0.15) is 18.3 Å². The summed E-state index contributed by atoms with van der Waals surface area (Å²) in [7, 11) is 0. The Kier molecular flexibility index (Phi) is 4.59. The summed E-state index contributed by atoms with van der Waals surface area (Å²) in [6, 6.07) is 10.1. The van der Waals surface area contributed by atoms with Crippen LogP contribution in [0.5, 0.6) is 0 Å². The van der Waals surface area contributed by atoms with E-state index in [2.05, 4.69) is 38.8 Å². The highest BCUT2D eigenvalue weighted by molar-refractivity contribution is 6.30. The maximum Gasteiger partial charge on any atom is 0.162 e. The minimum absolute atomic E-state index is 0.734. The maximum absolute atomic E-state index is 6.15. The van der Waals surface area contributed by atoms with Crippen molar-refractivity contribution in [3.8, 4) is 0 Å². The number of hydrogen-bond donors (Lipinski definition) is 1. The summed E-state index contributed by atoms with van der Waals surface area (Å²) in [5.74, 6) is 1.06. The number of piperazine rings is 1. The van der Waals surface area contributed by atoms with E-state index >= 15 is 0 Å². The zero-order chi connectivity index (χ0) is 17.2. The van der Waals surface area contributed by atoms with Crippen LogP contribution in [0, 0.1) is 0 Å². The van der Waals surface area contributed by atoms with Gasteiger partial charge in [-0.05, 0) is 23.8 Å². The molecule has 0 aliphatic carbocycles. The Morgan fingerprint density at radius 2 is 2.04 bits per heavy atom. The van der Waals surface area contributed by atoms with E-state index in [1.807, 2.05) is 24.4 Å². The molecule has 4 rings (SSSR count). The molecule has 0 atom stereocenters. The van der Waals surface area contributed by atoms with Crippen LogP contribution in [0.15, 0.2) is 36.5 Å². The van der Waals surface area contributed by atoms with Crippen molar-refractivity contribution in [3.63, 3.8) is 0 Å². The molecule has 1 fully saturated rings. The number of aryl methyl sites for hydroxylation is 1. The highest BCUT2D eigenvalue weighted by Gasteiger charge is 2.19. The van der Waals surface area contributed by atoms with Crippen LogP contribution < -0.4 is 10.2 Å². The summed E-state index contributed by atoms with van der Waals surface area (Å²) in [5.41, 5.74) is 4.30. The van der Waals surface area contributed by atoms with E-state index in [0.717, 1.165) is 66.7 Å². The largest absolute Gasteiger partial charge is 0.367 e. The van der Waals surface area contributed by atoms with Gasteiger partial charge in [-0.25, -0.2) is 9.97 Å². The number of nitrogens with one attached hydrogen (secondary N) is 1. The molecule has 1 aliphatic heterocycles. The number of anilines is 1. The normalized spacial score (nSPS) is 15.0. The number of aromatic nitrogens is 3. The van der Waals surface area contributed by atoms with E-state index in [-0.39, 0.29) is 0 Å². The number of rotatable bonds is 4. The van der Waals surface area contributed by atoms with Crippen LogP contribution >= 0.6 is 11.6 Å². The average Bonchev–Trinajstić information content (AvgIpc) is 3.00. The molecule has 1 N–H and O–H groups in total. The van der Waals surface area contributed by atoms with E-state index < -0.39 is 0 Å². The van der Waals surface area contributed by atoms with Crippen LogP contribution in [-0.4, -0.2) is 40.7 Å².